The lowest BCUT2D eigenvalue weighted by Gasteiger charge is -2.31. The summed E-state index contributed by atoms with van der Waals surface area (Å²) < 4.78 is 7.51. The Bertz CT molecular complexity index is 1060. The van der Waals surface area contributed by atoms with Crippen LogP contribution in [-0.4, -0.2) is 20.7 Å². The summed E-state index contributed by atoms with van der Waals surface area (Å²) in [6.07, 6.45) is 4.64. The van der Waals surface area contributed by atoms with Crippen LogP contribution in [0.15, 0.2) is 5.38 Å². The van der Waals surface area contributed by atoms with Gasteiger partial charge in [-0.3, -0.25) is 9.48 Å². The van der Waals surface area contributed by atoms with Crippen molar-refractivity contribution in [1.82, 2.24) is 14.8 Å². The van der Waals surface area contributed by atoms with E-state index < -0.39 is 5.41 Å². The summed E-state index contributed by atoms with van der Waals surface area (Å²) in [4.78, 5) is 18.0. The van der Waals surface area contributed by atoms with Crippen molar-refractivity contribution < 1.29 is 9.53 Å². The Morgan fingerprint density at radius 2 is 1.97 bits per heavy atom. The molecule has 0 radical (unpaired) electrons. The zero-order valence-corrected chi connectivity index (χ0v) is 20.6. The Kier molecular flexibility index (Phi) is 6.64. The van der Waals surface area contributed by atoms with E-state index in [9.17, 15) is 10.1 Å². The average Bonchev–Trinajstić information content (AvgIpc) is 3.27. The third-order valence-electron chi connectivity index (χ3n) is 5.76. The Morgan fingerprint density at radius 1 is 1.32 bits per heavy atom. The van der Waals surface area contributed by atoms with E-state index in [0.717, 1.165) is 37.1 Å². The second kappa shape index (κ2) is 8.76. The molecule has 0 atom stereocenters. The fraction of sp³-hybridized carbons (Fsp3) is 0.565. The molecule has 3 rings (SSSR count). The minimum atomic E-state index is -0.578. The van der Waals surface area contributed by atoms with Gasteiger partial charge in [-0.2, -0.15) is 10.4 Å². The van der Waals surface area contributed by atoms with Crippen LogP contribution in [0.3, 0.4) is 0 Å². The maximum absolute atomic E-state index is 13.3. The minimum Gasteiger partial charge on any atom is -0.424 e. The molecule has 1 saturated carbocycles. The van der Waals surface area contributed by atoms with Crippen LogP contribution >= 0.6 is 22.9 Å². The number of halogens is 1. The summed E-state index contributed by atoms with van der Waals surface area (Å²) >= 11 is 8.01. The lowest BCUT2D eigenvalue weighted by molar-refractivity contribution is -0.149. The van der Waals surface area contributed by atoms with Crippen molar-refractivity contribution in [1.29, 1.82) is 5.26 Å². The van der Waals surface area contributed by atoms with Crippen LogP contribution in [0.2, 0.25) is 5.15 Å². The molecule has 0 amide bonds. The SMILES string of the molecule is Cc1nn(C)c(Cl)c1C(OC(=O)C1(C)CCCCC1)=C(C#N)c1csc(C(C)(C)C)n1. The van der Waals surface area contributed by atoms with Gasteiger partial charge in [0.1, 0.15) is 16.8 Å². The molecule has 0 aromatic carbocycles. The second-order valence-corrected chi connectivity index (χ2v) is 10.7. The highest BCUT2D eigenvalue weighted by Gasteiger charge is 2.38. The fourth-order valence-electron chi connectivity index (χ4n) is 3.82. The Morgan fingerprint density at radius 3 is 2.45 bits per heavy atom. The van der Waals surface area contributed by atoms with Crippen LogP contribution in [0.5, 0.6) is 0 Å². The Balaban J connectivity index is 2.16. The molecule has 6 nitrogen and oxygen atoms in total. The van der Waals surface area contributed by atoms with Gasteiger partial charge in [0.25, 0.3) is 0 Å². The summed E-state index contributed by atoms with van der Waals surface area (Å²) in [6.45, 7) is 9.93. The first kappa shape index (κ1) is 23.5. The number of carbonyl (C=O) groups is 1. The first-order valence-corrected chi connectivity index (χ1v) is 11.8. The second-order valence-electron chi connectivity index (χ2n) is 9.49. The van der Waals surface area contributed by atoms with Crippen molar-refractivity contribution in [3.8, 4) is 6.07 Å². The van der Waals surface area contributed by atoms with E-state index in [-0.39, 0.29) is 22.7 Å². The van der Waals surface area contributed by atoms with Gasteiger partial charge in [-0.1, -0.05) is 51.6 Å². The van der Waals surface area contributed by atoms with E-state index in [1.165, 1.54) is 16.0 Å². The normalized spacial score (nSPS) is 17.1. The first-order valence-electron chi connectivity index (χ1n) is 10.5. The van der Waals surface area contributed by atoms with Crippen molar-refractivity contribution in [2.75, 3.05) is 0 Å². The van der Waals surface area contributed by atoms with Crippen LogP contribution in [0, 0.1) is 23.7 Å². The molecule has 0 aliphatic heterocycles. The molecule has 1 fully saturated rings. The van der Waals surface area contributed by atoms with Crippen LogP contribution in [0.4, 0.5) is 0 Å². The summed E-state index contributed by atoms with van der Waals surface area (Å²) in [5.74, 6) is -0.193. The highest BCUT2D eigenvalue weighted by molar-refractivity contribution is 7.10. The van der Waals surface area contributed by atoms with E-state index in [4.69, 9.17) is 16.3 Å². The third kappa shape index (κ3) is 4.70. The number of aryl methyl sites for hydroxylation is 2. The highest BCUT2D eigenvalue weighted by atomic mass is 35.5. The van der Waals surface area contributed by atoms with E-state index in [1.807, 2.05) is 12.3 Å². The number of ether oxygens (including phenoxy) is 1. The predicted molar refractivity (Wildman–Crippen MR) is 123 cm³/mol. The standard InChI is InChI=1S/C23H29ClN4O2S/c1-14-17(19(24)28(6)27-14)18(30-21(29)23(5)10-8-7-9-11-23)15(12-25)16-13-31-20(26-16)22(2,3)4/h13H,7-11H2,1-6H3. The van der Waals surface area contributed by atoms with Crippen LogP contribution in [0.1, 0.15) is 81.8 Å². The topological polar surface area (TPSA) is 80.8 Å². The Labute approximate surface area is 192 Å². The van der Waals surface area contributed by atoms with Gasteiger partial charge in [-0.05, 0) is 26.7 Å². The Hall–Kier alpha value is -2.17. The van der Waals surface area contributed by atoms with Crippen LogP contribution < -0.4 is 0 Å². The van der Waals surface area contributed by atoms with Crippen molar-refractivity contribution in [2.24, 2.45) is 12.5 Å². The van der Waals surface area contributed by atoms with Crippen molar-refractivity contribution in [3.05, 3.63) is 32.5 Å². The molecule has 0 saturated heterocycles. The number of hydrogen-bond acceptors (Lipinski definition) is 6. The van der Waals surface area contributed by atoms with Crippen LogP contribution in [-0.2, 0) is 22.0 Å². The number of aromatic nitrogens is 3. The van der Waals surface area contributed by atoms with E-state index in [0.29, 0.717) is 22.1 Å². The third-order valence-corrected chi connectivity index (χ3v) is 7.47. The summed E-state index contributed by atoms with van der Waals surface area (Å²) in [7, 11) is 1.72. The number of nitrogens with zero attached hydrogens (tertiary/aromatic N) is 4. The van der Waals surface area contributed by atoms with Gasteiger partial charge in [0.05, 0.1) is 27.4 Å². The average molecular weight is 461 g/mol. The largest absolute Gasteiger partial charge is 0.424 e. The van der Waals surface area contributed by atoms with Gasteiger partial charge < -0.3 is 4.74 Å². The number of nitriles is 1. The molecule has 2 aromatic heterocycles. The van der Waals surface area contributed by atoms with E-state index in [2.05, 4.69) is 36.9 Å². The van der Waals surface area contributed by atoms with Gasteiger partial charge in [0, 0.05) is 17.8 Å². The first-order chi connectivity index (χ1) is 14.5. The lowest BCUT2D eigenvalue weighted by atomic mass is 9.76. The van der Waals surface area contributed by atoms with Gasteiger partial charge in [-0.25, -0.2) is 4.98 Å². The van der Waals surface area contributed by atoms with Crippen molar-refractivity contribution in [2.45, 2.75) is 72.1 Å². The summed E-state index contributed by atoms with van der Waals surface area (Å²) in [5, 5.41) is 17.5. The monoisotopic (exact) mass is 460 g/mol. The molecule has 0 bridgehead atoms. The molecule has 8 heteroatoms. The number of thiazole rings is 1. The molecule has 2 heterocycles. The number of rotatable bonds is 4. The number of allylic oxidation sites excluding steroid dienone is 1. The predicted octanol–water partition coefficient (Wildman–Crippen LogP) is 6.04. The van der Waals surface area contributed by atoms with Gasteiger partial charge in [0.15, 0.2) is 5.76 Å². The molecular weight excluding hydrogens is 432 g/mol. The highest BCUT2D eigenvalue weighted by Crippen LogP contribution is 2.41. The van der Waals surface area contributed by atoms with Gasteiger partial charge in [-0.15, -0.1) is 11.3 Å². The smallest absolute Gasteiger partial charge is 0.317 e. The molecular formula is C23H29ClN4O2S. The van der Waals surface area contributed by atoms with Gasteiger partial charge >= 0.3 is 5.97 Å². The maximum atomic E-state index is 13.3. The number of hydrogen-bond donors (Lipinski definition) is 0. The minimum absolute atomic E-state index is 0.139. The molecule has 31 heavy (non-hydrogen) atoms. The van der Waals surface area contributed by atoms with Crippen molar-refractivity contribution >= 4 is 40.2 Å². The zero-order chi connectivity index (χ0) is 23.0. The molecule has 1 aliphatic carbocycles. The van der Waals surface area contributed by atoms with E-state index in [1.54, 1.807) is 14.0 Å². The van der Waals surface area contributed by atoms with Crippen molar-refractivity contribution in [3.63, 3.8) is 0 Å². The summed E-state index contributed by atoms with van der Waals surface area (Å²) in [5.41, 5.74) is 0.982. The molecule has 0 unspecified atom stereocenters. The molecule has 0 N–H and O–H groups in total. The number of carbonyl (C=O) groups excluding carboxylic acids is 1. The maximum Gasteiger partial charge on any atom is 0.317 e. The molecule has 1 aliphatic rings. The van der Waals surface area contributed by atoms with E-state index >= 15 is 0 Å². The zero-order valence-electron chi connectivity index (χ0n) is 19.0. The quantitative estimate of drug-likeness (QED) is 0.315. The summed E-state index contributed by atoms with van der Waals surface area (Å²) in [6, 6.07) is 2.22. The fourth-order valence-corrected chi connectivity index (χ4v) is 4.98. The molecule has 166 valence electrons. The number of esters is 1. The van der Waals surface area contributed by atoms with Gasteiger partial charge in [0.2, 0.25) is 0 Å². The molecule has 2 aromatic rings. The van der Waals surface area contributed by atoms with Crippen LogP contribution in [0.25, 0.3) is 11.3 Å². The lowest BCUT2D eigenvalue weighted by Crippen LogP contribution is -2.32. The molecule has 0 spiro atoms.